The molecule has 3 aromatic rings. The lowest BCUT2D eigenvalue weighted by atomic mass is 9.97. The van der Waals surface area contributed by atoms with E-state index in [2.05, 4.69) is 58.1 Å². The number of piperidine rings is 1. The number of fused-ring (bicyclic) bond motifs is 1. The van der Waals surface area contributed by atoms with Crippen molar-refractivity contribution in [2.75, 3.05) is 39.8 Å². The van der Waals surface area contributed by atoms with Crippen LogP contribution in [0.4, 0.5) is 0 Å². The number of para-hydroxylation sites is 2. The maximum absolute atomic E-state index is 5.36. The Morgan fingerprint density at radius 3 is 2.93 bits per heavy atom. The van der Waals surface area contributed by atoms with Gasteiger partial charge in [0.25, 0.3) is 0 Å². The molecule has 1 fully saturated rings. The number of nitrogens with zero attached hydrogens (tertiary/aromatic N) is 3. The number of likely N-dealkylation sites (tertiary alicyclic amines) is 1. The first-order valence-corrected chi connectivity index (χ1v) is 11.2. The summed E-state index contributed by atoms with van der Waals surface area (Å²) in [6, 6.07) is 16.8. The molecule has 1 aromatic heterocycles. The second-order valence-corrected chi connectivity index (χ2v) is 8.44. The van der Waals surface area contributed by atoms with Crippen molar-refractivity contribution in [2.45, 2.75) is 32.7 Å². The normalized spacial score (nSPS) is 17.6. The quantitative estimate of drug-likeness (QED) is 0.574. The third kappa shape index (κ3) is 5.41. The van der Waals surface area contributed by atoms with Crippen LogP contribution in [0.1, 0.15) is 31.2 Å². The van der Waals surface area contributed by atoms with Gasteiger partial charge in [-0.2, -0.15) is 0 Å². The number of hydrogen-bond donors (Lipinski definition) is 1. The molecule has 1 N–H and O–H groups in total. The minimum atomic E-state index is 0.730. The van der Waals surface area contributed by atoms with Crippen LogP contribution in [0.15, 0.2) is 48.5 Å². The van der Waals surface area contributed by atoms with E-state index in [0.29, 0.717) is 0 Å². The first-order valence-electron chi connectivity index (χ1n) is 11.2. The second-order valence-electron chi connectivity index (χ2n) is 8.44. The van der Waals surface area contributed by atoms with Crippen molar-refractivity contribution >= 4 is 11.0 Å². The Hall–Kier alpha value is -2.37. The summed E-state index contributed by atoms with van der Waals surface area (Å²) in [5, 5.41) is 0. The van der Waals surface area contributed by atoms with Crippen LogP contribution < -0.4 is 4.74 Å². The lowest BCUT2D eigenvalue weighted by Crippen LogP contribution is -2.41. The van der Waals surface area contributed by atoms with E-state index in [1.807, 2.05) is 12.1 Å². The van der Waals surface area contributed by atoms with Crippen molar-refractivity contribution in [3.63, 3.8) is 0 Å². The molecule has 5 heteroatoms. The van der Waals surface area contributed by atoms with Crippen LogP contribution in [-0.4, -0.2) is 59.6 Å². The summed E-state index contributed by atoms with van der Waals surface area (Å²) in [5.41, 5.74) is 3.55. The highest BCUT2D eigenvalue weighted by atomic mass is 16.5. The molecule has 160 valence electrons. The minimum absolute atomic E-state index is 0.730. The van der Waals surface area contributed by atoms with Gasteiger partial charge < -0.3 is 14.6 Å². The molecule has 1 aliphatic rings. The SMILES string of the molecule is CCN(Cc1nc2ccccc2[nH]1)C[C@H]1CCCN(CCc2cccc(OC)c2)C1. The maximum Gasteiger partial charge on any atom is 0.121 e. The molecule has 1 aliphatic heterocycles. The molecule has 0 saturated carbocycles. The first kappa shape index (κ1) is 20.9. The van der Waals surface area contributed by atoms with Gasteiger partial charge in [0.2, 0.25) is 0 Å². The number of nitrogens with one attached hydrogen (secondary N) is 1. The van der Waals surface area contributed by atoms with Crippen molar-refractivity contribution in [3.05, 3.63) is 59.9 Å². The van der Waals surface area contributed by atoms with Crippen molar-refractivity contribution in [3.8, 4) is 5.75 Å². The Bertz CT molecular complexity index is 905. The Labute approximate surface area is 180 Å². The molecule has 5 nitrogen and oxygen atoms in total. The Morgan fingerprint density at radius 1 is 1.20 bits per heavy atom. The lowest BCUT2D eigenvalue weighted by molar-refractivity contribution is 0.132. The van der Waals surface area contributed by atoms with Crippen LogP contribution >= 0.6 is 0 Å². The molecule has 1 atom stereocenters. The number of ether oxygens (including phenoxy) is 1. The van der Waals surface area contributed by atoms with E-state index in [9.17, 15) is 0 Å². The van der Waals surface area contributed by atoms with E-state index < -0.39 is 0 Å². The predicted molar refractivity (Wildman–Crippen MR) is 123 cm³/mol. The summed E-state index contributed by atoms with van der Waals surface area (Å²) < 4.78 is 5.36. The fraction of sp³-hybridized carbons (Fsp3) is 0.480. The van der Waals surface area contributed by atoms with Crippen molar-refractivity contribution < 1.29 is 4.74 Å². The summed E-state index contributed by atoms with van der Waals surface area (Å²) in [5.74, 6) is 2.75. The number of imidazole rings is 1. The number of aromatic nitrogens is 2. The van der Waals surface area contributed by atoms with Crippen LogP contribution in [0.2, 0.25) is 0 Å². The third-order valence-corrected chi connectivity index (χ3v) is 6.23. The summed E-state index contributed by atoms with van der Waals surface area (Å²) in [6.45, 7) is 8.88. The van der Waals surface area contributed by atoms with Gasteiger partial charge in [0.1, 0.15) is 11.6 Å². The van der Waals surface area contributed by atoms with Crippen molar-refractivity contribution in [2.24, 2.45) is 5.92 Å². The van der Waals surface area contributed by atoms with Crippen LogP contribution in [0, 0.1) is 5.92 Å². The van der Waals surface area contributed by atoms with E-state index in [-0.39, 0.29) is 0 Å². The summed E-state index contributed by atoms with van der Waals surface area (Å²) in [7, 11) is 1.74. The molecule has 4 rings (SSSR count). The minimum Gasteiger partial charge on any atom is -0.497 e. The molecule has 0 spiro atoms. The van der Waals surface area contributed by atoms with Crippen LogP contribution in [0.25, 0.3) is 11.0 Å². The number of methoxy groups -OCH3 is 1. The maximum atomic E-state index is 5.36. The number of rotatable bonds is 9. The molecule has 0 unspecified atom stereocenters. The zero-order chi connectivity index (χ0) is 20.8. The van der Waals surface area contributed by atoms with E-state index >= 15 is 0 Å². The van der Waals surface area contributed by atoms with Gasteiger partial charge in [-0.25, -0.2) is 4.98 Å². The van der Waals surface area contributed by atoms with Gasteiger partial charge in [-0.3, -0.25) is 4.90 Å². The van der Waals surface area contributed by atoms with Gasteiger partial charge >= 0.3 is 0 Å². The number of hydrogen-bond acceptors (Lipinski definition) is 4. The molecule has 1 saturated heterocycles. The highest BCUT2D eigenvalue weighted by molar-refractivity contribution is 5.74. The van der Waals surface area contributed by atoms with Gasteiger partial charge in [0.05, 0.1) is 24.7 Å². The number of benzene rings is 2. The molecule has 0 bridgehead atoms. The van der Waals surface area contributed by atoms with Crippen molar-refractivity contribution in [1.29, 1.82) is 0 Å². The molecular formula is C25H34N4O. The van der Waals surface area contributed by atoms with E-state index in [0.717, 1.165) is 61.1 Å². The van der Waals surface area contributed by atoms with Gasteiger partial charge in [-0.1, -0.05) is 31.2 Å². The van der Waals surface area contributed by atoms with Crippen LogP contribution in [0.5, 0.6) is 5.75 Å². The molecule has 0 aliphatic carbocycles. The smallest absolute Gasteiger partial charge is 0.121 e. The zero-order valence-electron chi connectivity index (χ0n) is 18.3. The van der Waals surface area contributed by atoms with E-state index in [1.54, 1.807) is 7.11 Å². The molecule has 30 heavy (non-hydrogen) atoms. The largest absolute Gasteiger partial charge is 0.497 e. The topological polar surface area (TPSA) is 44.4 Å². The predicted octanol–water partition coefficient (Wildman–Crippen LogP) is 4.35. The molecule has 0 amide bonds. The summed E-state index contributed by atoms with van der Waals surface area (Å²) >= 11 is 0. The molecule has 0 radical (unpaired) electrons. The first-order chi connectivity index (χ1) is 14.7. The van der Waals surface area contributed by atoms with Gasteiger partial charge in [-0.15, -0.1) is 0 Å². The fourth-order valence-corrected chi connectivity index (χ4v) is 4.58. The third-order valence-electron chi connectivity index (χ3n) is 6.23. The number of H-pyrrole nitrogens is 1. The standard InChI is InChI=1S/C25H34N4O/c1-3-28(19-25-26-23-11-4-5-12-24(23)27-25)17-21-9-7-14-29(18-21)15-13-20-8-6-10-22(16-20)30-2/h4-6,8,10-12,16,21H,3,7,9,13-15,17-19H2,1-2H3,(H,26,27)/t21-/m1/s1. The molecule has 2 aromatic carbocycles. The summed E-state index contributed by atoms with van der Waals surface area (Å²) in [4.78, 5) is 13.4. The average Bonchev–Trinajstić information content (AvgIpc) is 3.20. The Balaban J connectivity index is 1.29. The highest BCUT2D eigenvalue weighted by Gasteiger charge is 2.22. The van der Waals surface area contributed by atoms with Gasteiger partial charge in [0.15, 0.2) is 0 Å². The van der Waals surface area contributed by atoms with Crippen LogP contribution in [-0.2, 0) is 13.0 Å². The lowest BCUT2D eigenvalue weighted by Gasteiger charge is -2.35. The van der Waals surface area contributed by atoms with Gasteiger partial charge in [-0.05, 0) is 68.1 Å². The monoisotopic (exact) mass is 406 g/mol. The number of aromatic amines is 1. The highest BCUT2D eigenvalue weighted by Crippen LogP contribution is 2.20. The van der Waals surface area contributed by atoms with Gasteiger partial charge in [0, 0.05) is 19.6 Å². The van der Waals surface area contributed by atoms with Crippen LogP contribution in [0.3, 0.4) is 0 Å². The Morgan fingerprint density at radius 2 is 2.10 bits per heavy atom. The fourth-order valence-electron chi connectivity index (χ4n) is 4.58. The second kappa shape index (κ2) is 10.1. The Kier molecular flexibility index (Phi) is 7.03. The molecule has 2 heterocycles. The summed E-state index contributed by atoms with van der Waals surface area (Å²) in [6.07, 6.45) is 3.71. The average molecular weight is 407 g/mol. The molecular weight excluding hydrogens is 372 g/mol. The van der Waals surface area contributed by atoms with E-state index in [4.69, 9.17) is 9.72 Å². The zero-order valence-corrected chi connectivity index (χ0v) is 18.3. The van der Waals surface area contributed by atoms with Crippen molar-refractivity contribution in [1.82, 2.24) is 19.8 Å². The van der Waals surface area contributed by atoms with E-state index in [1.165, 1.54) is 31.5 Å².